The molecule has 0 N–H and O–H groups in total. The molecule has 2 aromatic heterocycles. The van der Waals surface area contributed by atoms with Crippen LogP contribution in [0.25, 0.3) is 5.69 Å². The number of nitrogens with zero attached hydrogens (tertiary/aromatic N) is 9. The largest absolute Gasteiger partial charge is 0.339 e. The molecule has 27 heavy (non-hydrogen) atoms. The van der Waals surface area contributed by atoms with E-state index in [2.05, 4.69) is 47.1 Å². The van der Waals surface area contributed by atoms with Crippen LogP contribution in [0.1, 0.15) is 30.4 Å². The number of hydrogen-bond donors (Lipinski definition) is 0. The Morgan fingerprint density at radius 1 is 1.04 bits per heavy atom. The summed E-state index contributed by atoms with van der Waals surface area (Å²) in [6.45, 7) is 2.59. The predicted molar refractivity (Wildman–Crippen MR) is 102 cm³/mol. The van der Waals surface area contributed by atoms with Crippen LogP contribution in [-0.4, -0.2) is 67.1 Å². The fourth-order valence-corrected chi connectivity index (χ4v) is 3.60. The molecule has 1 aromatic carbocycles. The van der Waals surface area contributed by atoms with Crippen LogP contribution in [0.3, 0.4) is 0 Å². The van der Waals surface area contributed by atoms with E-state index in [0.29, 0.717) is 5.92 Å². The van der Waals surface area contributed by atoms with Gasteiger partial charge in [0.05, 0.1) is 12.2 Å². The second kappa shape index (κ2) is 7.43. The van der Waals surface area contributed by atoms with Crippen molar-refractivity contribution in [2.75, 3.05) is 32.1 Å². The standard InChI is InChI=1S/C18H25N9/c1-24(2)13-16-19-20-17(25(16)3)14-9-11-26(12-10-14)18-21-22-23-27(18)15-7-5-4-6-8-15/h4-8,14H,9-13H2,1-3H3. The number of benzene rings is 1. The Morgan fingerprint density at radius 3 is 2.48 bits per heavy atom. The van der Waals surface area contributed by atoms with Crippen molar-refractivity contribution in [1.29, 1.82) is 0 Å². The van der Waals surface area contributed by atoms with Gasteiger partial charge in [-0.05, 0) is 49.5 Å². The summed E-state index contributed by atoms with van der Waals surface area (Å²) >= 11 is 0. The zero-order valence-corrected chi connectivity index (χ0v) is 16.0. The Bertz CT molecular complexity index is 875. The highest BCUT2D eigenvalue weighted by atomic mass is 15.6. The molecule has 3 aromatic rings. The summed E-state index contributed by atoms with van der Waals surface area (Å²) in [5, 5.41) is 21.2. The summed E-state index contributed by atoms with van der Waals surface area (Å²) in [4.78, 5) is 4.36. The van der Waals surface area contributed by atoms with Crippen molar-refractivity contribution in [1.82, 2.24) is 39.9 Å². The quantitative estimate of drug-likeness (QED) is 0.671. The van der Waals surface area contributed by atoms with E-state index in [1.54, 1.807) is 4.68 Å². The molecular formula is C18H25N9. The van der Waals surface area contributed by atoms with Crippen LogP contribution >= 0.6 is 0 Å². The maximum Gasteiger partial charge on any atom is 0.250 e. The number of anilines is 1. The number of piperidine rings is 1. The van der Waals surface area contributed by atoms with E-state index in [4.69, 9.17) is 0 Å². The molecule has 1 aliphatic rings. The zero-order chi connectivity index (χ0) is 18.8. The first-order chi connectivity index (χ1) is 13.1. The number of hydrogen-bond acceptors (Lipinski definition) is 7. The fraction of sp³-hybridized carbons (Fsp3) is 0.500. The van der Waals surface area contributed by atoms with E-state index in [9.17, 15) is 0 Å². The van der Waals surface area contributed by atoms with Crippen LogP contribution in [-0.2, 0) is 13.6 Å². The van der Waals surface area contributed by atoms with Gasteiger partial charge in [0.2, 0.25) is 5.95 Å². The summed E-state index contributed by atoms with van der Waals surface area (Å²) in [6.07, 6.45) is 2.02. The Morgan fingerprint density at radius 2 is 1.78 bits per heavy atom. The molecule has 9 heteroatoms. The van der Waals surface area contributed by atoms with E-state index in [1.165, 1.54) is 0 Å². The molecular weight excluding hydrogens is 342 g/mol. The lowest BCUT2D eigenvalue weighted by atomic mass is 9.96. The van der Waals surface area contributed by atoms with Gasteiger partial charge in [0.25, 0.3) is 0 Å². The maximum absolute atomic E-state index is 4.47. The molecule has 0 amide bonds. The summed E-state index contributed by atoms with van der Waals surface area (Å²) in [5.74, 6) is 3.29. The SMILES string of the molecule is CN(C)Cc1nnc(C2CCN(c3nnnn3-c3ccccc3)CC2)n1C. The van der Waals surface area contributed by atoms with Crippen molar-refractivity contribution in [3.8, 4) is 5.69 Å². The minimum Gasteiger partial charge on any atom is -0.339 e. The molecule has 3 heterocycles. The van der Waals surface area contributed by atoms with Crippen molar-refractivity contribution in [2.45, 2.75) is 25.3 Å². The molecule has 0 unspecified atom stereocenters. The molecule has 0 aliphatic carbocycles. The predicted octanol–water partition coefficient (Wildman–Crippen LogP) is 1.24. The average molecular weight is 367 g/mol. The molecule has 0 saturated carbocycles. The minimum absolute atomic E-state index is 0.413. The van der Waals surface area contributed by atoms with Crippen LogP contribution in [0.4, 0.5) is 5.95 Å². The molecule has 4 rings (SSSR count). The van der Waals surface area contributed by atoms with Gasteiger partial charge in [0.15, 0.2) is 0 Å². The van der Waals surface area contributed by atoms with Gasteiger partial charge in [-0.3, -0.25) is 0 Å². The van der Waals surface area contributed by atoms with E-state index >= 15 is 0 Å². The first-order valence-corrected chi connectivity index (χ1v) is 9.25. The maximum atomic E-state index is 4.47. The van der Waals surface area contributed by atoms with Crippen LogP contribution in [0.5, 0.6) is 0 Å². The minimum atomic E-state index is 0.413. The number of aromatic nitrogens is 7. The van der Waals surface area contributed by atoms with Crippen molar-refractivity contribution in [3.05, 3.63) is 42.0 Å². The molecule has 1 fully saturated rings. The van der Waals surface area contributed by atoms with Gasteiger partial charge < -0.3 is 14.4 Å². The molecule has 0 radical (unpaired) electrons. The van der Waals surface area contributed by atoms with E-state index in [1.807, 2.05) is 44.4 Å². The molecule has 0 spiro atoms. The van der Waals surface area contributed by atoms with Gasteiger partial charge in [-0.1, -0.05) is 23.3 Å². The molecule has 1 saturated heterocycles. The van der Waals surface area contributed by atoms with Crippen molar-refractivity contribution in [3.63, 3.8) is 0 Å². The van der Waals surface area contributed by atoms with E-state index in [-0.39, 0.29) is 0 Å². The average Bonchev–Trinajstić information content (AvgIpc) is 3.30. The lowest BCUT2D eigenvalue weighted by molar-refractivity contribution is 0.381. The summed E-state index contributed by atoms with van der Waals surface area (Å²) in [5.41, 5.74) is 0.973. The van der Waals surface area contributed by atoms with Gasteiger partial charge >= 0.3 is 0 Å². The lowest BCUT2D eigenvalue weighted by Gasteiger charge is -2.31. The van der Waals surface area contributed by atoms with Gasteiger partial charge in [0, 0.05) is 26.1 Å². The highest BCUT2D eigenvalue weighted by Crippen LogP contribution is 2.29. The van der Waals surface area contributed by atoms with Crippen molar-refractivity contribution >= 4 is 5.95 Å². The third-order valence-electron chi connectivity index (χ3n) is 5.05. The highest BCUT2D eigenvalue weighted by Gasteiger charge is 2.27. The normalized spacial score (nSPS) is 15.6. The summed E-state index contributed by atoms with van der Waals surface area (Å²) < 4.78 is 3.95. The zero-order valence-electron chi connectivity index (χ0n) is 16.0. The number of tetrazole rings is 1. The van der Waals surface area contributed by atoms with Gasteiger partial charge in [-0.25, -0.2) is 0 Å². The Hall–Kier alpha value is -2.81. The molecule has 0 bridgehead atoms. The third kappa shape index (κ3) is 3.55. The van der Waals surface area contributed by atoms with Crippen molar-refractivity contribution in [2.24, 2.45) is 7.05 Å². The van der Waals surface area contributed by atoms with Crippen LogP contribution in [0.2, 0.25) is 0 Å². The molecule has 0 atom stereocenters. The Labute approximate surface area is 158 Å². The van der Waals surface area contributed by atoms with E-state index in [0.717, 1.165) is 55.8 Å². The first-order valence-electron chi connectivity index (χ1n) is 9.25. The third-order valence-corrected chi connectivity index (χ3v) is 5.05. The van der Waals surface area contributed by atoms with Gasteiger partial charge in [-0.15, -0.1) is 10.2 Å². The lowest BCUT2D eigenvalue weighted by Crippen LogP contribution is -2.35. The van der Waals surface area contributed by atoms with Crippen molar-refractivity contribution < 1.29 is 0 Å². The van der Waals surface area contributed by atoms with Gasteiger partial charge in [-0.2, -0.15) is 4.68 Å². The Kier molecular flexibility index (Phi) is 4.85. The molecule has 142 valence electrons. The monoisotopic (exact) mass is 367 g/mol. The fourth-order valence-electron chi connectivity index (χ4n) is 3.60. The number of para-hydroxylation sites is 1. The first kappa shape index (κ1) is 17.6. The van der Waals surface area contributed by atoms with E-state index < -0.39 is 0 Å². The Balaban J connectivity index is 1.46. The smallest absolute Gasteiger partial charge is 0.250 e. The summed E-state index contributed by atoms with van der Waals surface area (Å²) in [6, 6.07) is 10.0. The number of rotatable bonds is 5. The van der Waals surface area contributed by atoms with Crippen LogP contribution < -0.4 is 4.90 Å². The van der Waals surface area contributed by atoms with Crippen LogP contribution in [0.15, 0.2) is 30.3 Å². The molecule has 9 nitrogen and oxygen atoms in total. The molecule has 1 aliphatic heterocycles. The van der Waals surface area contributed by atoms with Crippen LogP contribution in [0, 0.1) is 0 Å². The highest BCUT2D eigenvalue weighted by molar-refractivity contribution is 5.40. The topological polar surface area (TPSA) is 80.8 Å². The summed E-state index contributed by atoms with van der Waals surface area (Å²) in [7, 11) is 6.16. The van der Waals surface area contributed by atoms with Gasteiger partial charge in [0.1, 0.15) is 11.6 Å². The second-order valence-electron chi connectivity index (χ2n) is 7.26. The second-order valence-corrected chi connectivity index (χ2v) is 7.26.